The molecule has 0 heterocycles. The van der Waals surface area contributed by atoms with E-state index in [2.05, 4.69) is 9.71 Å². The van der Waals surface area contributed by atoms with Gasteiger partial charge in [0.1, 0.15) is 5.84 Å². The lowest BCUT2D eigenvalue weighted by molar-refractivity contribution is 0.578. The van der Waals surface area contributed by atoms with Gasteiger partial charge in [-0.3, -0.25) is 9.71 Å². The van der Waals surface area contributed by atoms with Gasteiger partial charge in [0.15, 0.2) is 0 Å². The van der Waals surface area contributed by atoms with E-state index >= 15 is 0 Å². The number of hydrogen-bond donors (Lipinski definition) is 1. The first-order chi connectivity index (χ1) is 11.1. The van der Waals surface area contributed by atoms with Crippen molar-refractivity contribution >= 4 is 39.1 Å². The monoisotopic (exact) mass is 384 g/mol. The molecule has 128 valence electrons. The highest BCUT2D eigenvalue weighted by Crippen LogP contribution is 2.17. The minimum absolute atomic E-state index is 0.113. The van der Waals surface area contributed by atoms with Crippen molar-refractivity contribution in [1.29, 1.82) is 0 Å². The van der Waals surface area contributed by atoms with Gasteiger partial charge in [0, 0.05) is 15.6 Å². The molecule has 0 spiro atoms. The summed E-state index contributed by atoms with van der Waals surface area (Å²) in [7, 11) is -3.78. The molecule has 0 aliphatic carbocycles. The highest BCUT2D eigenvalue weighted by Gasteiger charge is 2.20. The van der Waals surface area contributed by atoms with Crippen LogP contribution in [0, 0.1) is 0 Å². The van der Waals surface area contributed by atoms with E-state index in [0.29, 0.717) is 15.6 Å². The Kier molecular flexibility index (Phi) is 5.58. The van der Waals surface area contributed by atoms with E-state index in [-0.39, 0.29) is 10.7 Å². The summed E-state index contributed by atoms with van der Waals surface area (Å²) in [5.74, 6) is 0.258. The molecular formula is C17H18Cl2N2O2S. The summed E-state index contributed by atoms with van der Waals surface area (Å²) < 4.78 is 27.8. The number of sulfonamides is 1. The first kappa shape index (κ1) is 18.8. The average Bonchev–Trinajstić information content (AvgIpc) is 2.46. The zero-order valence-electron chi connectivity index (χ0n) is 13.5. The van der Waals surface area contributed by atoms with Crippen LogP contribution in [0.3, 0.4) is 0 Å². The molecule has 0 bridgehead atoms. The van der Waals surface area contributed by atoms with E-state index in [1.165, 1.54) is 24.3 Å². The SMILES string of the molecule is CC(C)(C)N=C(NS(=O)(=O)c1ccc(Cl)cc1)c1ccc(Cl)cc1. The van der Waals surface area contributed by atoms with Crippen molar-refractivity contribution in [2.75, 3.05) is 0 Å². The predicted octanol–water partition coefficient (Wildman–Crippen LogP) is 4.52. The summed E-state index contributed by atoms with van der Waals surface area (Å²) in [5.41, 5.74) is 0.171. The number of halogens is 2. The molecule has 4 nitrogen and oxygen atoms in total. The first-order valence-corrected chi connectivity index (χ1v) is 9.45. The third kappa shape index (κ3) is 5.23. The standard InChI is InChI=1S/C17H18Cl2N2O2S/c1-17(2,3)20-16(12-4-6-13(18)7-5-12)21-24(22,23)15-10-8-14(19)9-11-15/h4-11H,1-3H3,(H,20,21). The predicted molar refractivity (Wildman–Crippen MR) is 99.5 cm³/mol. The molecule has 7 heteroatoms. The van der Waals surface area contributed by atoms with Crippen LogP contribution in [0.5, 0.6) is 0 Å². The van der Waals surface area contributed by atoms with Crippen LogP contribution in [0.25, 0.3) is 0 Å². The second-order valence-corrected chi connectivity index (χ2v) is 8.75. The van der Waals surface area contributed by atoms with Gasteiger partial charge in [-0.15, -0.1) is 0 Å². The highest BCUT2D eigenvalue weighted by atomic mass is 35.5. The number of rotatable bonds is 3. The van der Waals surface area contributed by atoms with E-state index in [0.717, 1.165) is 0 Å². The molecule has 0 atom stereocenters. The van der Waals surface area contributed by atoms with Crippen molar-refractivity contribution in [3.8, 4) is 0 Å². The Bertz CT molecular complexity index is 838. The fraction of sp³-hybridized carbons (Fsp3) is 0.235. The normalized spacial score (nSPS) is 13.0. The summed E-state index contributed by atoms with van der Waals surface area (Å²) in [6, 6.07) is 12.8. The van der Waals surface area contributed by atoms with Gasteiger partial charge in [0.25, 0.3) is 10.0 Å². The van der Waals surface area contributed by atoms with Crippen molar-refractivity contribution in [3.63, 3.8) is 0 Å². The van der Waals surface area contributed by atoms with Crippen LogP contribution in [0.4, 0.5) is 0 Å². The number of benzene rings is 2. The number of nitrogens with zero attached hydrogens (tertiary/aromatic N) is 1. The zero-order valence-corrected chi connectivity index (χ0v) is 15.9. The van der Waals surface area contributed by atoms with Gasteiger partial charge in [-0.05, 0) is 69.3 Å². The molecule has 2 aromatic carbocycles. The zero-order chi connectivity index (χ0) is 18.0. The maximum absolute atomic E-state index is 12.6. The van der Waals surface area contributed by atoms with Gasteiger partial charge in [-0.25, -0.2) is 8.42 Å². The summed E-state index contributed by atoms with van der Waals surface area (Å²) in [5, 5.41) is 1.03. The van der Waals surface area contributed by atoms with Crippen LogP contribution < -0.4 is 4.72 Å². The smallest absolute Gasteiger partial charge is 0.263 e. The minimum atomic E-state index is -3.78. The molecule has 0 unspecified atom stereocenters. The third-order valence-electron chi connectivity index (χ3n) is 2.92. The van der Waals surface area contributed by atoms with Crippen LogP contribution in [0.15, 0.2) is 58.4 Å². The van der Waals surface area contributed by atoms with Crippen molar-refractivity contribution in [2.45, 2.75) is 31.2 Å². The summed E-state index contributed by atoms with van der Waals surface area (Å²) in [4.78, 5) is 4.61. The molecule has 1 N–H and O–H groups in total. The lowest BCUT2D eigenvalue weighted by atomic mass is 10.1. The van der Waals surface area contributed by atoms with E-state index in [4.69, 9.17) is 23.2 Å². The van der Waals surface area contributed by atoms with Crippen molar-refractivity contribution < 1.29 is 8.42 Å². The van der Waals surface area contributed by atoms with Crippen LogP contribution >= 0.6 is 23.2 Å². The Morgan fingerprint density at radius 1 is 0.917 bits per heavy atom. The summed E-state index contributed by atoms with van der Waals surface area (Å²) in [6.45, 7) is 5.67. The second kappa shape index (κ2) is 7.13. The van der Waals surface area contributed by atoms with Crippen molar-refractivity contribution in [3.05, 3.63) is 64.1 Å². The highest BCUT2D eigenvalue weighted by molar-refractivity contribution is 7.90. The largest absolute Gasteiger partial charge is 0.263 e. The lowest BCUT2D eigenvalue weighted by Gasteiger charge is -2.18. The summed E-state index contributed by atoms with van der Waals surface area (Å²) >= 11 is 11.7. The van der Waals surface area contributed by atoms with Gasteiger partial charge in [0.2, 0.25) is 0 Å². The molecule has 0 aliphatic heterocycles. The fourth-order valence-electron chi connectivity index (χ4n) is 1.89. The third-order valence-corrected chi connectivity index (χ3v) is 4.78. The quantitative estimate of drug-likeness (QED) is 0.624. The Balaban J connectivity index is 2.43. The fourth-order valence-corrected chi connectivity index (χ4v) is 3.17. The van der Waals surface area contributed by atoms with Crippen molar-refractivity contribution in [1.82, 2.24) is 4.72 Å². The van der Waals surface area contributed by atoms with E-state index in [9.17, 15) is 8.42 Å². The maximum atomic E-state index is 12.6. The Morgan fingerprint density at radius 2 is 1.38 bits per heavy atom. The summed E-state index contributed by atoms with van der Waals surface area (Å²) in [6.07, 6.45) is 0. The first-order valence-electron chi connectivity index (χ1n) is 7.21. The van der Waals surface area contributed by atoms with Crippen LogP contribution in [-0.4, -0.2) is 19.8 Å². The van der Waals surface area contributed by atoms with E-state index in [1.54, 1.807) is 24.3 Å². The maximum Gasteiger partial charge on any atom is 0.263 e. The molecule has 0 fully saturated rings. The van der Waals surface area contributed by atoms with Crippen LogP contribution in [-0.2, 0) is 10.0 Å². The molecule has 2 aromatic rings. The number of aliphatic imine (C=N–C) groups is 1. The van der Waals surface area contributed by atoms with Gasteiger partial charge < -0.3 is 0 Å². The van der Waals surface area contributed by atoms with Gasteiger partial charge in [0.05, 0.1) is 10.4 Å². The molecule has 0 aliphatic rings. The van der Waals surface area contributed by atoms with Crippen LogP contribution in [0.1, 0.15) is 26.3 Å². The molecule has 0 aromatic heterocycles. The van der Waals surface area contributed by atoms with E-state index < -0.39 is 15.6 Å². The molecule has 0 amide bonds. The Labute approximate surface area is 152 Å². The molecule has 24 heavy (non-hydrogen) atoms. The number of nitrogens with one attached hydrogen (secondary N) is 1. The molecular weight excluding hydrogens is 367 g/mol. The molecule has 0 radical (unpaired) electrons. The number of amidine groups is 1. The van der Waals surface area contributed by atoms with Crippen molar-refractivity contribution in [2.24, 2.45) is 4.99 Å². The Morgan fingerprint density at radius 3 is 1.83 bits per heavy atom. The van der Waals surface area contributed by atoms with Gasteiger partial charge in [-0.1, -0.05) is 23.2 Å². The second-order valence-electron chi connectivity index (χ2n) is 6.20. The minimum Gasteiger partial charge on any atom is -0.263 e. The molecule has 0 saturated carbocycles. The average molecular weight is 385 g/mol. The molecule has 2 rings (SSSR count). The van der Waals surface area contributed by atoms with Gasteiger partial charge >= 0.3 is 0 Å². The van der Waals surface area contributed by atoms with Crippen LogP contribution in [0.2, 0.25) is 10.0 Å². The number of hydrogen-bond acceptors (Lipinski definition) is 3. The Hall–Kier alpha value is -1.56. The van der Waals surface area contributed by atoms with E-state index in [1.807, 2.05) is 20.8 Å². The lowest BCUT2D eigenvalue weighted by Crippen LogP contribution is -2.33. The molecule has 0 saturated heterocycles. The van der Waals surface area contributed by atoms with Gasteiger partial charge in [-0.2, -0.15) is 0 Å². The topological polar surface area (TPSA) is 58.5 Å².